The molecule has 160 valence electrons. The molecule has 1 aliphatic rings. The van der Waals surface area contributed by atoms with Crippen molar-refractivity contribution in [2.24, 2.45) is 5.92 Å². The molecule has 0 bridgehead atoms. The number of aromatic nitrogens is 1. The SMILES string of the molecule is Cc1cc(NC(=O)C2CCN(c3ccc(C(=O)NC(C)C)cc3[N+](=O)[O-])CC2)no1. The Hall–Kier alpha value is -3.43. The number of nitrogens with one attached hydrogen (secondary N) is 2. The summed E-state index contributed by atoms with van der Waals surface area (Å²) in [7, 11) is 0. The van der Waals surface area contributed by atoms with E-state index in [1.165, 1.54) is 6.07 Å². The van der Waals surface area contributed by atoms with Crippen LogP contribution in [0.1, 0.15) is 42.8 Å². The van der Waals surface area contributed by atoms with Crippen molar-refractivity contribution in [1.29, 1.82) is 0 Å². The Morgan fingerprint density at radius 1 is 1.27 bits per heavy atom. The van der Waals surface area contributed by atoms with E-state index in [2.05, 4.69) is 15.8 Å². The van der Waals surface area contributed by atoms with Crippen LogP contribution >= 0.6 is 0 Å². The summed E-state index contributed by atoms with van der Waals surface area (Å²) in [5.41, 5.74) is 0.579. The number of nitro groups is 1. The van der Waals surface area contributed by atoms with Crippen molar-refractivity contribution in [2.75, 3.05) is 23.3 Å². The summed E-state index contributed by atoms with van der Waals surface area (Å²) < 4.78 is 4.95. The van der Waals surface area contributed by atoms with Gasteiger partial charge < -0.3 is 20.1 Å². The lowest BCUT2D eigenvalue weighted by Gasteiger charge is -2.32. The van der Waals surface area contributed by atoms with Gasteiger partial charge in [-0.25, -0.2) is 0 Å². The van der Waals surface area contributed by atoms with Gasteiger partial charge in [0.2, 0.25) is 5.91 Å². The Kier molecular flexibility index (Phi) is 6.34. The predicted octanol–water partition coefficient (Wildman–Crippen LogP) is 2.88. The Morgan fingerprint density at radius 3 is 2.53 bits per heavy atom. The number of rotatable bonds is 6. The molecule has 0 radical (unpaired) electrons. The van der Waals surface area contributed by atoms with Crippen molar-refractivity contribution in [3.63, 3.8) is 0 Å². The Labute approximate surface area is 173 Å². The van der Waals surface area contributed by atoms with Gasteiger partial charge in [-0.05, 0) is 45.7 Å². The average molecular weight is 415 g/mol. The molecule has 1 aliphatic heterocycles. The number of nitro benzene ring substituents is 1. The quantitative estimate of drug-likeness (QED) is 0.548. The highest BCUT2D eigenvalue weighted by Gasteiger charge is 2.29. The molecule has 0 atom stereocenters. The maximum Gasteiger partial charge on any atom is 0.293 e. The zero-order valence-electron chi connectivity index (χ0n) is 17.2. The third kappa shape index (κ3) is 4.94. The van der Waals surface area contributed by atoms with Gasteiger partial charge in [0, 0.05) is 42.7 Å². The first-order valence-corrected chi connectivity index (χ1v) is 9.83. The topological polar surface area (TPSA) is 131 Å². The van der Waals surface area contributed by atoms with Gasteiger partial charge in [0.05, 0.1) is 4.92 Å². The molecule has 1 aromatic heterocycles. The summed E-state index contributed by atoms with van der Waals surface area (Å²) in [6, 6.07) is 6.08. The first-order chi connectivity index (χ1) is 14.2. The maximum atomic E-state index is 12.4. The van der Waals surface area contributed by atoms with Crippen LogP contribution in [0.2, 0.25) is 0 Å². The number of hydrogen-bond acceptors (Lipinski definition) is 7. The number of piperidine rings is 1. The standard InChI is InChI=1S/C20H25N5O5/c1-12(2)21-20(27)15-4-5-16(17(11-15)25(28)29)24-8-6-14(7-9-24)19(26)22-18-10-13(3)30-23-18/h4-5,10-12,14H,6-9H2,1-3H3,(H,21,27)(H,22,23,26). The number of anilines is 2. The minimum absolute atomic E-state index is 0.0671. The molecule has 1 fully saturated rings. The van der Waals surface area contributed by atoms with Gasteiger partial charge in [-0.15, -0.1) is 0 Å². The fourth-order valence-corrected chi connectivity index (χ4v) is 3.46. The van der Waals surface area contributed by atoms with Crippen molar-refractivity contribution >= 4 is 29.0 Å². The number of amides is 2. The lowest BCUT2D eigenvalue weighted by Crippen LogP contribution is -2.38. The van der Waals surface area contributed by atoms with Crippen LogP contribution in [0.25, 0.3) is 0 Å². The van der Waals surface area contributed by atoms with Crippen LogP contribution in [0.3, 0.4) is 0 Å². The molecule has 0 unspecified atom stereocenters. The minimum Gasteiger partial charge on any atom is -0.366 e. The summed E-state index contributed by atoms with van der Waals surface area (Å²) in [6.45, 7) is 6.38. The van der Waals surface area contributed by atoms with E-state index in [9.17, 15) is 19.7 Å². The predicted molar refractivity (Wildman–Crippen MR) is 111 cm³/mol. The lowest BCUT2D eigenvalue weighted by molar-refractivity contribution is -0.384. The van der Waals surface area contributed by atoms with E-state index in [0.717, 1.165) is 0 Å². The fraction of sp³-hybridized carbons (Fsp3) is 0.450. The normalized spacial score (nSPS) is 14.6. The molecule has 0 saturated carbocycles. The molecule has 0 aliphatic carbocycles. The van der Waals surface area contributed by atoms with E-state index in [1.807, 2.05) is 18.7 Å². The molecule has 3 rings (SSSR count). The fourth-order valence-electron chi connectivity index (χ4n) is 3.46. The number of carbonyl (C=O) groups excluding carboxylic acids is 2. The van der Waals surface area contributed by atoms with Crippen molar-refractivity contribution in [1.82, 2.24) is 10.5 Å². The zero-order valence-corrected chi connectivity index (χ0v) is 17.2. The first kappa shape index (κ1) is 21.3. The van der Waals surface area contributed by atoms with E-state index >= 15 is 0 Å². The molecule has 1 saturated heterocycles. The molecule has 0 spiro atoms. The monoisotopic (exact) mass is 415 g/mol. The van der Waals surface area contributed by atoms with Crippen LogP contribution in [0, 0.1) is 23.0 Å². The van der Waals surface area contributed by atoms with Crippen LogP contribution < -0.4 is 15.5 Å². The van der Waals surface area contributed by atoms with Gasteiger partial charge in [0.1, 0.15) is 11.4 Å². The van der Waals surface area contributed by atoms with Crippen LogP contribution in [0.5, 0.6) is 0 Å². The summed E-state index contributed by atoms with van der Waals surface area (Å²) in [5.74, 6) is 0.286. The summed E-state index contributed by atoms with van der Waals surface area (Å²) in [6.07, 6.45) is 1.10. The highest BCUT2D eigenvalue weighted by molar-refractivity contribution is 5.96. The molecular formula is C20H25N5O5. The van der Waals surface area contributed by atoms with Gasteiger partial charge in [-0.1, -0.05) is 5.16 Å². The van der Waals surface area contributed by atoms with Crippen LogP contribution in [0.15, 0.2) is 28.8 Å². The second-order valence-corrected chi connectivity index (χ2v) is 7.66. The van der Waals surface area contributed by atoms with Gasteiger partial charge in [-0.2, -0.15) is 0 Å². The van der Waals surface area contributed by atoms with Crippen molar-refractivity contribution in [3.8, 4) is 0 Å². The van der Waals surface area contributed by atoms with Crippen molar-refractivity contribution in [2.45, 2.75) is 39.7 Å². The van der Waals surface area contributed by atoms with Gasteiger partial charge in [-0.3, -0.25) is 19.7 Å². The molecule has 10 heteroatoms. The molecule has 2 aromatic rings. The minimum atomic E-state index is -0.479. The maximum absolute atomic E-state index is 12.4. The second-order valence-electron chi connectivity index (χ2n) is 7.66. The van der Waals surface area contributed by atoms with Crippen molar-refractivity contribution < 1.29 is 19.0 Å². The smallest absolute Gasteiger partial charge is 0.293 e. The third-order valence-electron chi connectivity index (χ3n) is 4.94. The molecule has 2 N–H and O–H groups in total. The van der Waals surface area contributed by atoms with Crippen LogP contribution in [0.4, 0.5) is 17.2 Å². The second kappa shape index (κ2) is 8.93. The highest BCUT2D eigenvalue weighted by Crippen LogP contribution is 2.32. The van der Waals surface area contributed by atoms with E-state index in [-0.39, 0.29) is 35.0 Å². The zero-order chi connectivity index (χ0) is 21.8. The van der Waals surface area contributed by atoms with E-state index in [1.54, 1.807) is 25.1 Å². The van der Waals surface area contributed by atoms with Crippen LogP contribution in [-0.2, 0) is 4.79 Å². The highest BCUT2D eigenvalue weighted by atomic mass is 16.6. The van der Waals surface area contributed by atoms with Gasteiger partial charge >= 0.3 is 0 Å². The number of carbonyl (C=O) groups is 2. The molecular weight excluding hydrogens is 390 g/mol. The van der Waals surface area contributed by atoms with E-state index in [0.29, 0.717) is 43.2 Å². The third-order valence-corrected chi connectivity index (χ3v) is 4.94. The first-order valence-electron chi connectivity index (χ1n) is 9.83. The molecule has 1 aromatic carbocycles. The molecule has 30 heavy (non-hydrogen) atoms. The number of nitrogens with zero attached hydrogens (tertiary/aromatic N) is 3. The summed E-state index contributed by atoms with van der Waals surface area (Å²) in [5, 5.41) is 20.8. The largest absolute Gasteiger partial charge is 0.366 e. The lowest BCUT2D eigenvalue weighted by atomic mass is 9.95. The van der Waals surface area contributed by atoms with Crippen LogP contribution in [-0.4, -0.2) is 41.0 Å². The van der Waals surface area contributed by atoms with Crippen molar-refractivity contribution in [3.05, 3.63) is 45.7 Å². The van der Waals surface area contributed by atoms with E-state index < -0.39 is 4.92 Å². The Balaban J connectivity index is 1.67. The summed E-state index contributed by atoms with van der Waals surface area (Å²) in [4.78, 5) is 37.6. The average Bonchev–Trinajstić information content (AvgIpc) is 3.11. The molecule has 2 heterocycles. The summed E-state index contributed by atoms with van der Waals surface area (Å²) >= 11 is 0. The number of hydrogen-bond donors (Lipinski definition) is 2. The van der Waals surface area contributed by atoms with Gasteiger partial charge in [0.15, 0.2) is 5.82 Å². The molecule has 10 nitrogen and oxygen atoms in total. The van der Waals surface area contributed by atoms with E-state index in [4.69, 9.17) is 4.52 Å². The molecule has 2 amide bonds. The Bertz CT molecular complexity index is 947. The number of benzene rings is 1. The number of aryl methyl sites for hydroxylation is 1. The van der Waals surface area contributed by atoms with Gasteiger partial charge in [0.25, 0.3) is 11.6 Å². The Morgan fingerprint density at radius 2 is 1.97 bits per heavy atom.